The summed E-state index contributed by atoms with van der Waals surface area (Å²) in [6.45, 7) is 1.74. The van der Waals surface area contributed by atoms with Crippen molar-refractivity contribution in [2.75, 3.05) is 10.6 Å². The average molecular weight is 371 g/mol. The van der Waals surface area contributed by atoms with E-state index in [-0.39, 0.29) is 11.4 Å². The van der Waals surface area contributed by atoms with Gasteiger partial charge < -0.3 is 15.1 Å². The van der Waals surface area contributed by atoms with E-state index in [1.54, 1.807) is 25.1 Å². The lowest BCUT2D eigenvalue weighted by Gasteiger charge is -2.04. The fourth-order valence-electron chi connectivity index (χ4n) is 2.24. The first kappa shape index (κ1) is 17.4. The van der Waals surface area contributed by atoms with Gasteiger partial charge in [-0.15, -0.1) is 11.3 Å². The Hall–Kier alpha value is -3.46. The Morgan fingerprint density at radius 3 is 2.62 bits per heavy atom. The van der Waals surface area contributed by atoms with E-state index in [1.807, 2.05) is 0 Å². The highest BCUT2D eigenvalue weighted by Gasteiger charge is 2.17. The number of rotatable bonds is 5. The molecule has 2 aromatic heterocycles. The molecule has 8 nitrogen and oxygen atoms in total. The summed E-state index contributed by atoms with van der Waals surface area (Å²) in [6, 6.07) is 10.5. The minimum atomic E-state index is -0.533. The summed E-state index contributed by atoms with van der Waals surface area (Å²) in [7, 11) is 0. The summed E-state index contributed by atoms with van der Waals surface area (Å²) in [5.41, 5.74) is 0.878. The van der Waals surface area contributed by atoms with Gasteiger partial charge >= 0.3 is 0 Å². The van der Waals surface area contributed by atoms with Gasteiger partial charge in [0.1, 0.15) is 0 Å². The van der Waals surface area contributed by atoms with Gasteiger partial charge in [-0.05, 0) is 36.8 Å². The molecule has 3 aromatic rings. The fourth-order valence-corrected chi connectivity index (χ4v) is 3.20. The number of furan rings is 1. The number of carbonyl (C=O) groups is 2. The number of carbonyl (C=O) groups excluding carboxylic acids is 2. The molecule has 2 amide bonds. The third-order valence-electron chi connectivity index (χ3n) is 3.42. The number of amides is 2. The molecule has 0 saturated carbocycles. The lowest BCUT2D eigenvalue weighted by Crippen LogP contribution is -2.11. The SMILES string of the molecule is Cc1cc(NC(=O)c2ccco2)sc1C(=O)Nc1cccc([N+](=O)[O-])c1. The van der Waals surface area contributed by atoms with E-state index in [4.69, 9.17) is 4.42 Å². The van der Waals surface area contributed by atoms with Crippen LogP contribution in [0.5, 0.6) is 0 Å². The van der Waals surface area contributed by atoms with Crippen molar-refractivity contribution in [1.29, 1.82) is 0 Å². The molecular formula is C17H13N3O5S. The van der Waals surface area contributed by atoms with Gasteiger partial charge in [-0.1, -0.05) is 6.07 Å². The predicted molar refractivity (Wildman–Crippen MR) is 96.8 cm³/mol. The molecule has 0 unspecified atom stereocenters. The van der Waals surface area contributed by atoms with Crippen molar-refractivity contribution in [1.82, 2.24) is 0 Å². The Morgan fingerprint density at radius 1 is 1.12 bits per heavy atom. The summed E-state index contributed by atoms with van der Waals surface area (Å²) in [5.74, 6) is -0.660. The number of nitrogens with one attached hydrogen (secondary N) is 2. The van der Waals surface area contributed by atoms with Crippen molar-refractivity contribution in [3.05, 3.63) is 75.0 Å². The van der Waals surface area contributed by atoms with Crippen LogP contribution in [-0.2, 0) is 0 Å². The van der Waals surface area contributed by atoms with Crippen LogP contribution in [-0.4, -0.2) is 16.7 Å². The molecule has 0 aliphatic heterocycles. The number of anilines is 2. The monoisotopic (exact) mass is 371 g/mol. The molecule has 0 saturated heterocycles. The highest BCUT2D eigenvalue weighted by molar-refractivity contribution is 7.18. The molecule has 0 atom stereocenters. The van der Waals surface area contributed by atoms with Crippen molar-refractivity contribution in [3.63, 3.8) is 0 Å². The van der Waals surface area contributed by atoms with E-state index in [9.17, 15) is 19.7 Å². The molecule has 26 heavy (non-hydrogen) atoms. The Morgan fingerprint density at radius 2 is 1.92 bits per heavy atom. The highest BCUT2D eigenvalue weighted by Crippen LogP contribution is 2.28. The minimum absolute atomic E-state index is 0.114. The van der Waals surface area contributed by atoms with Gasteiger partial charge in [0.25, 0.3) is 17.5 Å². The Kier molecular flexibility index (Phi) is 4.81. The maximum atomic E-state index is 12.4. The van der Waals surface area contributed by atoms with E-state index in [0.717, 1.165) is 11.3 Å². The zero-order valence-electron chi connectivity index (χ0n) is 13.5. The van der Waals surface area contributed by atoms with Crippen molar-refractivity contribution in [2.45, 2.75) is 6.92 Å². The number of nitrogens with zero attached hydrogens (tertiary/aromatic N) is 1. The number of nitro groups is 1. The van der Waals surface area contributed by atoms with Gasteiger partial charge in [-0.2, -0.15) is 0 Å². The number of nitro benzene ring substituents is 1. The van der Waals surface area contributed by atoms with Crippen LogP contribution in [0.1, 0.15) is 25.8 Å². The molecule has 0 spiro atoms. The third kappa shape index (κ3) is 3.78. The number of aryl methyl sites for hydroxylation is 1. The number of hydrogen-bond donors (Lipinski definition) is 2. The molecule has 0 radical (unpaired) electrons. The predicted octanol–water partition coefficient (Wildman–Crippen LogP) is 4.06. The Bertz CT molecular complexity index is 978. The quantitative estimate of drug-likeness (QED) is 0.518. The van der Waals surface area contributed by atoms with Crippen LogP contribution in [0.3, 0.4) is 0 Å². The molecule has 0 aliphatic rings. The number of thiophene rings is 1. The van der Waals surface area contributed by atoms with Crippen molar-refractivity contribution < 1.29 is 18.9 Å². The van der Waals surface area contributed by atoms with Crippen molar-refractivity contribution in [3.8, 4) is 0 Å². The van der Waals surface area contributed by atoms with Gasteiger partial charge in [-0.3, -0.25) is 19.7 Å². The van der Waals surface area contributed by atoms with E-state index >= 15 is 0 Å². The summed E-state index contributed by atoms with van der Waals surface area (Å²) in [5, 5.41) is 16.6. The molecule has 2 N–H and O–H groups in total. The third-order valence-corrected chi connectivity index (χ3v) is 4.57. The molecule has 9 heteroatoms. The molecule has 1 aromatic carbocycles. The van der Waals surface area contributed by atoms with Crippen LogP contribution in [0.15, 0.2) is 53.1 Å². The van der Waals surface area contributed by atoms with E-state index in [0.29, 0.717) is 21.1 Å². The van der Waals surface area contributed by atoms with Crippen molar-refractivity contribution >= 4 is 39.5 Å². The first-order chi connectivity index (χ1) is 12.4. The summed E-state index contributed by atoms with van der Waals surface area (Å²) < 4.78 is 5.02. The van der Waals surface area contributed by atoms with E-state index < -0.39 is 16.7 Å². The van der Waals surface area contributed by atoms with Crippen LogP contribution in [0.2, 0.25) is 0 Å². The average Bonchev–Trinajstić information content (AvgIpc) is 3.25. The second kappa shape index (κ2) is 7.19. The van der Waals surface area contributed by atoms with Crippen molar-refractivity contribution in [2.24, 2.45) is 0 Å². The van der Waals surface area contributed by atoms with Gasteiger partial charge in [0.15, 0.2) is 5.76 Å². The molecular weight excluding hydrogens is 358 g/mol. The zero-order valence-corrected chi connectivity index (χ0v) is 14.3. The molecule has 2 heterocycles. The minimum Gasteiger partial charge on any atom is -0.459 e. The number of hydrogen-bond acceptors (Lipinski definition) is 6. The molecule has 132 valence electrons. The summed E-state index contributed by atoms with van der Waals surface area (Å²) >= 11 is 1.10. The standard InChI is InChI=1S/C17H13N3O5S/c1-10-8-14(19-16(21)13-6-3-7-25-13)26-15(10)17(22)18-11-4-2-5-12(9-11)20(23)24/h2-9H,1H3,(H,18,22)(H,19,21). The van der Waals surface area contributed by atoms with Crippen LogP contribution >= 0.6 is 11.3 Å². The molecule has 0 aliphatic carbocycles. The number of non-ortho nitro benzene ring substituents is 1. The van der Waals surface area contributed by atoms with Gasteiger partial charge in [0.2, 0.25) is 0 Å². The molecule has 3 rings (SSSR count). The first-order valence-corrected chi connectivity index (χ1v) is 8.27. The van der Waals surface area contributed by atoms with Gasteiger partial charge in [-0.25, -0.2) is 0 Å². The highest BCUT2D eigenvalue weighted by atomic mass is 32.1. The summed E-state index contributed by atoms with van der Waals surface area (Å²) in [6.07, 6.45) is 1.40. The second-order valence-electron chi connectivity index (χ2n) is 5.32. The van der Waals surface area contributed by atoms with Crippen LogP contribution in [0.4, 0.5) is 16.4 Å². The smallest absolute Gasteiger partial charge is 0.291 e. The molecule has 0 fully saturated rings. The Labute approximate surface area is 151 Å². The number of benzene rings is 1. The maximum absolute atomic E-state index is 12.4. The van der Waals surface area contributed by atoms with Gasteiger partial charge in [0, 0.05) is 17.8 Å². The first-order valence-electron chi connectivity index (χ1n) is 7.45. The van der Waals surface area contributed by atoms with E-state index in [1.165, 1.54) is 30.5 Å². The Balaban J connectivity index is 1.74. The summed E-state index contributed by atoms with van der Waals surface area (Å²) in [4.78, 5) is 35.1. The van der Waals surface area contributed by atoms with Crippen LogP contribution in [0.25, 0.3) is 0 Å². The molecule has 0 bridgehead atoms. The normalized spacial score (nSPS) is 10.3. The van der Waals surface area contributed by atoms with Gasteiger partial charge in [0.05, 0.1) is 21.1 Å². The second-order valence-corrected chi connectivity index (χ2v) is 6.37. The largest absolute Gasteiger partial charge is 0.459 e. The lowest BCUT2D eigenvalue weighted by molar-refractivity contribution is -0.384. The van der Waals surface area contributed by atoms with Crippen LogP contribution in [0, 0.1) is 17.0 Å². The lowest BCUT2D eigenvalue weighted by atomic mass is 10.2. The van der Waals surface area contributed by atoms with Crippen LogP contribution < -0.4 is 10.6 Å². The van der Waals surface area contributed by atoms with E-state index in [2.05, 4.69) is 10.6 Å². The topological polar surface area (TPSA) is 114 Å². The fraction of sp³-hybridized carbons (Fsp3) is 0.0588. The maximum Gasteiger partial charge on any atom is 0.291 e. The zero-order chi connectivity index (χ0) is 18.7.